The molecule has 22 heavy (non-hydrogen) atoms. The maximum absolute atomic E-state index is 12.5. The van der Waals surface area contributed by atoms with Gasteiger partial charge in [-0.2, -0.15) is 4.73 Å². The minimum absolute atomic E-state index is 0.0463. The molecule has 0 amide bonds. The summed E-state index contributed by atoms with van der Waals surface area (Å²) < 4.78 is 1.73. The molecule has 1 aliphatic rings. The maximum atomic E-state index is 12.5. The molecule has 2 aromatic rings. The van der Waals surface area contributed by atoms with E-state index in [1.807, 2.05) is 12.1 Å². The molecule has 1 saturated carbocycles. The molecule has 0 spiro atoms. The van der Waals surface area contributed by atoms with Gasteiger partial charge in [-0.1, -0.05) is 34.5 Å². The van der Waals surface area contributed by atoms with Gasteiger partial charge in [0.05, 0.1) is 5.56 Å². The van der Waals surface area contributed by atoms with Gasteiger partial charge in [-0.25, -0.2) is 0 Å². The summed E-state index contributed by atoms with van der Waals surface area (Å²) in [4.78, 5) is 12.5. The molecule has 1 unspecified atom stereocenters. The average Bonchev–Trinajstić information content (AvgIpc) is 2.45. The zero-order valence-electron chi connectivity index (χ0n) is 12.2. The van der Waals surface area contributed by atoms with E-state index in [0.717, 1.165) is 4.47 Å². The average molecular weight is 360 g/mol. The smallest absolute Gasteiger partial charge is 0.191 e. The van der Waals surface area contributed by atoms with Gasteiger partial charge in [-0.15, -0.1) is 0 Å². The van der Waals surface area contributed by atoms with Gasteiger partial charge in [-0.3, -0.25) is 4.79 Å². The summed E-state index contributed by atoms with van der Waals surface area (Å²) in [7, 11) is 0. The number of pyridine rings is 1. The Kier molecular flexibility index (Phi) is 4.57. The van der Waals surface area contributed by atoms with E-state index in [-0.39, 0.29) is 11.7 Å². The van der Waals surface area contributed by atoms with Crippen molar-refractivity contribution in [3.63, 3.8) is 0 Å². The number of hydrogen-bond acceptors (Lipinski definition) is 2. The Morgan fingerprint density at radius 1 is 1.27 bits per heavy atom. The lowest BCUT2D eigenvalue weighted by atomic mass is 9.71. The van der Waals surface area contributed by atoms with Crippen molar-refractivity contribution in [2.75, 3.05) is 0 Å². The van der Waals surface area contributed by atoms with Crippen LogP contribution in [-0.4, -0.2) is 5.78 Å². The SMILES string of the molecule is O=C(CC(c1ccc(Br)cc1)C1CCC1)c1ccc[n+]([O-])c1. The van der Waals surface area contributed by atoms with Crippen LogP contribution in [0.3, 0.4) is 0 Å². The third-order valence-corrected chi connectivity index (χ3v) is 5.05. The normalized spacial score (nSPS) is 16.0. The highest BCUT2D eigenvalue weighted by Gasteiger charge is 2.30. The number of nitrogens with zero attached hydrogens (tertiary/aromatic N) is 1. The van der Waals surface area contributed by atoms with Gasteiger partial charge < -0.3 is 5.21 Å². The predicted molar refractivity (Wildman–Crippen MR) is 88.6 cm³/mol. The van der Waals surface area contributed by atoms with Crippen LogP contribution in [0.15, 0.2) is 53.3 Å². The van der Waals surface area contributed by atoms with Gasteiger partial charge in [0, 0.05) is 17.0 Å². The van der Waals surface area contributed by atoms with E-state index in [1.165, 1.54) is 37.2 Å². The minimum atomic E-state index is 0.0463. The molecule has 114 valence electrons. The van der Waals surface area contributed by atoms with Crippen LogP contribution >= 0.6 is 15.9 Å². The minimum Gasteiger partial charge on any atom is -0.619 e. The second-order valence-corrected chi connectivity index (χ2v) is 6.84. The first-order chi connectivity index (χ1) is 10.6. The quantitative estimate of drug-likeness (QED) is 0.455. The first-order valence-electron chi connectivity index (χ1n) is 7.61. The fraction of sp³-hybridized carbons (Fsp3) is 0.333. The molecule has 0 aliphatic heterocycles. The summed E-state index contributed by atoms with van der Waals surface area (Å²) >= 11 is 3.45. The van der Waals surface area contributed by atoms with Crippen LogP contribution in [0.4, 0.5) is 0 Å². The van der Waals surface area contributed by atoms with Crippen molar-refractivity contribution in [1.82, 2.24) is 0 Å². The van der Waals surface area contributed by atoms with E-state index in [0.29, 0.717) is 22.6 Å². The molecule has 0 saturated heterocycles. The molecule has 3 nitrogen and oxygen atoms in total. The Bertz CT molecular complexity index is 665. The van der Waals surface area contributed by atoms with Crippen LogP contribution in [0.5, 0.6) is 0 Å². The van der Waals surface area contributed by atoms with Gasteiger partial charge in [-0.05, 0) is 48.4 Å². The van der Waals surface area contributed by atoms with Gasteiger partial charge in [0.15, 0.2) is 18.2 Å². The van der Waals surface area contributed by atoms with Crippen LogP contribution in [0.25, 0.3) is 0 Å². The molecular weight excluding hydrogens is 342 g/mol. The van der Waals surface area contributed by atoms with Crippen molar-refractivity contribution in [2.45, 2.75) is 31.6 Å². The van der Waals surface area contributed by atoms with Crippen LogP contribution in [0, 0.1) is 11.1 Å². The van der Waals surface area contributed by atoms with E-state index in [9.17, 15) is 10.0 Å². The fourth-order valence-corrected chi connectivity index (χ4v) is 3.31. The van der Waals surface area contributed by atoms with E-state index in [2.05, 4.69) is 28.1 Å². The summed E-state index contributed by atoms with van der Waals surface area (Å²) in [6.45, 7) is 0. The van der Waals surface area contributed by atoms with E-state index in [4.69, 9.17) is 0 Å². The molecule has 0 N–H and O–H groups in total. The number of carbonyl (C=O) groups excluding carboxylic acids is 1. The van der Waals surface area contributed by atoms with Gasteiger partial charge >= 0.3 is 0 Å². The van der Waals surface area contributed by atoms with E-state index >= 15 is 0 Å². The number of Topliss-reactive ketones (excluding diaryl/α,β-unsaturated/α-hetero) is 1. The zero-order chi connectivity index (χ0) is 15.5. The summed E-state index contributed by atoms with van der Waals surface area (Å²) in [5.74, 6) is 0.868. The standard InChI is InChI=1S/C18H18BrNO2/c19-16-8-6-14(7-9-16)17(13-3-1-4-13)11-18(21)15-5-2-10-20(22)12-15/h2,5-10,12-13,17H,1,3-4,11H2. The first-order valence-corrected chi connectivity index (χ1v) is 8.40. The summed E-state index contributed by atoms with van der Waals surface area (Å²) in [5, 5.41) is 11.3. The third kappa shape index (κ3) is 3.38. The summed E-state index contributed by atoms with van der Waals surface area (Å²) in [6, 6.07) is 11.6. The Labute approximate surface area is 138 Å². The Hall–Kier alpha value is -1.68. The van der Waals surface area contributed by atoms with Crippen LogP contribution in [0.1, 0.15) is 47.5 Å². The summed E-state index contributed by atoms with van der Waals surface area (Å²) in [6.07, 6.45) is 6.85. The van der Waals surface area contributed by atoms with Crippen molar-refractivity contribution in [1.29, 1.82) is 0 Å². The molecule has 1 atom stereocenters. The molecule has 1 heterocycles. The summed E-state index contributed by atoms with van der Waals surface area (Å²) in [5.41, 5.74) is 1.71. The lowest BCUT2D eigenvalue weighted by Crippen LogP contribution is -2.27. The number of halogens is 1. The highest BCUT2D eigenvalue weighted by Crippen LogP contribution is 2.42. The predicted octanol–water partition coefficient (Wildman–Crippen LogP) is 4.24. The van der Waals surface area contributed by atoms with Gasteiger partial charge in [0.25, 0.3) is 0 Å². The number of ketones is 1. The number of benzene rings is 1. The number of aromatic nitrogens is 1. The van der Waals surface area contributed by atoms with Crippen LogP contribution < -0.4 is 4.73 Å². The Morgan fingerprint density at radius 2 is 2.00 bits per heavy atom. The first kappa shape index (κ1) is 15.2. The van der Waals surface area contributed by atoms with Crippen molar-refractivity contribution < 1.29 is 9.52 Å². The molecule has 1 aromatic heterocycles. The molecular formula is C18H18BrNO2. The Balaban J connectivity index is 1.81. The van der Waals surface area contributed by atoms with Crippen molar-refractivity contribution in [2.24, 2.45) is 5.92 Å². The molecule has 1 fully saturated rings. The molecule has 4 heteroatoms. The number of rotatable bonds is 5. The third-order valence-electron chi connectivity index (χ3n) is 4.52. The molecule has 1 aliphatic carbocycles. The highest BCUT2D eigenvalue weighted by atomic mass is 79.9. The van der Waals surface area contributed by atoms with Gasteiger partial charge in [0.2, 0.25) is 0 Å². The number of hydrogen-bond donors (Lipinski definition) is 0. The second kappa shape index (κ2) is 6.61. The topological polar surface area (TPSA) is 44.0 Å². The van der Waals surface area contributed by atoms with E-state index in [1.54, 1.807) is 12.1 Å². The highest BCUT2D eigenvalue weighted by molar-refractivity contribution is 9.10. The maximum Gasteiger partial charge on any atom is 0.191 e. The largest absolute Gasteiger partial charge is 0.619 e. The lowest BCUT2D eigenvalue weighted by Gasteiger charge is -2.34. The van der Waals surface area contributed by atoms with Crippen LogP contribution in [-0.2, 0) is 0 Å². The van der Waals surface area contributed by atoms with Gasteiger partial charge in [0.1, 0.15) is 0 Å². The molecule has 0 bridgehead atoms. The molecule has 0 radical (unpaired) electrons. The number of carbonyl (C=O) groups is 1. The molecule has 1 aromatic carbocycles. The Morgan fingerprint density at radius 3 is 2.59 bits per heavy atom. The van der Waals surface area contributed by atoms with Crippen molar-refractivity contribution in [3.05, 3.63) is 69.6 Å². The van der Waals surface area contributed by atoms with Crippen LogP contribution in [0.2, 0.25) is 0 Å². The van der Waals surface area contributed by atoms with Crippen molar-refractivity contribution in [3.8, 4) is 0 Å². The fourth-order valence-electron chi connectivity index (χ4n) is 3.05. The second-order valence-electron chi connectivity index (χ2n) is 5.93. The van der Waals surface area contributed by atoms with Crippen molar-refractivity contribution >= 4 is 21.7 Å². The van der Waals surface area contributed by atoms with E-state index < -0.39 is 0 Å². The lowest BCUT2D eigenvalue weighted by molar-refractivity contribution is -0.605. The zero-order valence-corrected chi connectivity index (χ0v) is 13.8. The monoisotopic (exact) mass is 359 g/mol. The molecule has 3 rings (SSSR count).